The molecule has 0 bridgehead atoms. The number of thioether (sulfide) groups is 1. The lowest BCUT2D eigenvalue weighted by Gasteiger charge is -2.00. The van der Waals surface area contributed by atoms with Gasteiger partial charge >= 0.3 is 5.97 Å². The van der Waals surface area contributed by atoms with Crippen molar-refractivity contribution in [3.63, 3.8) is 0 Å². The highest BCUT2D eigenvalue weighted by Crippen LogP contribution is 2.28. The summed E-state index contributed by atoms with van der Waals surface area (Å²) in [6.07, 6.45) is 3.51. The number of pyridine rings is 1. The Balaban J connectivity index is 2.07. The standard InChI is InChI=1S/C12H11NO2S2/c1-8-9(6-11(17-8)12(14)15)7-16-10-2-4-13-5-3-10/h2-6H,7H2,1H3,(H,14,15). The van der Waals surface area contributed by atoms with Crippen molar-refractivity contribution in [3.8, 4) is 0 Å². The summed E-state index contributed by atoms with van der Waals surface area (Å²) in [6, 6.07) is 5.66. The molecule has 0 aliphatic rings. The number of nitrogens with zero attached hydrogens (tertiary/aromatic N) is 1. The summed E-state index contributed by atoms with van der Waals surface area (Å²) < 4.78 is 0. The van der Waals surface area contributed by atoms with Crippen LogP contribution in [0.2, 0.25) is 0 Å². The van der Waals surface area contributed by atoms with Crippen LogP contribution in [-0.2, 0) is 5.75 Å². The van der Waals surface area contributed by atoms with Crippen LogP contribution in [0.1, 0.15) is 20.1 Å². The minimum Gasteiger partial charge on any atom is -0.477 e. The van der Waals surface area contributed by atoms with Crippen molar-refractivity contribution in [2.24, 2.45) is 0 Å². The lowest BCUT2D eigenvalue weighted by atomic mass is 10.3. The van der Waals surface area contributed by atoms with Crippen molar-refractivity contribution in [2.45, 2.75) is 17.6 Å². The molecule has 0 unspecified atom stereocenters. The maximum absolute atomic E-state index is 10.8. The van der Waals surface area contributed by atoms with E-state index in [-0.39, 0.29) is 0 Å². The van der Waals surface area contributed by atoms with E-state index in [1.165, 1.54) is 11.3 Å². The van der Waals surface area contributed by atoms with Crippen LogP contribution in [0.3, 0.4) is 0 Å². The van der Waals surface area contributed by atoms with Crippen molar-refractivity contribution in [2.75, 3.05) is 0 Å². The van der Waals surface area contributed by atoms with Crippen molar-refractivity contribution in [1.29, 1.82) is 0 Å². The van der Waals surface area contributed by atoms with Crippen molar-refractivity contribution in [1.82, 2.24) is 4.98 Å². The Kier molecular flexibility index (Phi) is 3.81. The molecule has 0 aliphatic carbocycles. The van der Waals surface area contributed by atoms with Gasteiger partial charge in [0.2, 0.25) is 0 Å². The quantitative estimate of drug-likeness (QED) is 0.860. The molecule has 0 aliphatic heterocycles. The number of aromatic carboxylic acids is 1. The van der Waals surface area contributed by atoms with Crippen LogP contribution < -0.4 is 0 Å². The van der Waals surface area contributed by atoms with Gasteiger partial charge in [-0.25, -0.2) is 4.79 Å². The van der Waals surface area contributed by atoms with Crippen LogP contribution >= 0.6 is 23.1 Å². The first-order chi connectivity index (χ1) is 8.16. The normalized spacial score (nSPS) is 10.4. The fraction of sp³-hybridized carbons (Fsp3) is 0.167. The second-order valence-corrected chi connectivity index (χ2v) is 5.77. The first-order valence-corrected chi connectivity index (χ1v) is 6.82. The topological polar surface area (TPSA) is 50.2 Å². The number of rotatable bonds is 4. The molecule has 2 aromatic rings. The highest BCUT2D eigenvalue weighted by molar-refractivity contribution is 7.98. The van der Waals surface area contributed by atoms with Crippen LogP contribution in [0.25, 0.3) is 0 Å². The molecule has 0 aromatic carbocycles. The predicted octanol–water partition coefficient (Wildman–Crippen LogP) is 3.44. The number of carboxylic acid groups (broad SMARTS) is 1. The summed E-state index contributed by atoms with van der Waals surface area (Å²) in [4.78, 5) is 17.4. The van der Waals surface area contributed by atoms with Crippen molar-refractivity contribution < 1.29 is 9.90 Å². The third-order valence-electron chi connectivity index (χ3n) is 2.28. The van der Waals surface area contributed by atoms with Gasteiger partial charge in [-0.2, -0.15) is 0 Å². The number of hydrogen-bond acceptors (Lipinski definition) is 4. The summed E-state index contributed by atoms with van der Waals surface area (Å²) in [6.45, 7) is 1.96. The first-order valence-electron chi connectivity index (χ1n) is 5.02. The lowest BCUT2D eigenvalue weighted by Crippen LogP contribution is -1.90. The molecule has 0 atom stereocenters. The lowest BCUT2D eigenvalue weighted by molar-refractivity contribution is 0.0702. The molecule has 0 fully saturated rings. The van der Waals surface area contributed by atoms with E-state index in [0.29, 0.717) is 4.88 Å². The largest absolute Gasteiger partial charge is 0.477 e. The molecule has 0 spiro atoms. The zero-order valence-electron chi connectivity index (χ0n) is 9.21. The molecule has 1 N–H and O–H groups in total. The van der Waals surface area contributed by atoms with E-state index >= 15 is 0 Å². The van der Waals surface area contributed by atoms with Gasteiger partial charge in [0.1, 0.15) is 4.88 Å². The van der Waals surface area contributed by atoms with Gasteiger partial charge < -0.3 is 5.11 Å². The first kappa shape index (κ1) is 12.1. The molecular weight excluding hydrogens is 254 g/mol. The smallest absolute Gasteiger partial charge is 0.345 e. The fourth-order valence-corrected chi connectivity index (χ4v) is 3.27. The monoisotopic (exact) mass is 265 g/mol. The van der Waals surface area contributed by atoms with E-state index < -0.39 is 5.97 Å². The second kappa shape index (κ2) is 5.33. The Morgan fingerprint density at radius 3 is 2.76 bits per heavy atom. The third kappa shape index (κ3) is 3.08. The van der Waals surface area contributed by atoms with Gasteiger partial charge in [-0.05, 0) is 30.7 Å². The third-order valence-corrected chi connectivity index (χ3v) is 4.42. The van der Waals surface area contributed by atoms with E-state index in [1.54, 1.807) is 30.2 Å². The van der Waals surface area contributed by atoms with Crippen molar-refractivity contribution in [3.05, 3.63) is 45.9 Å². The molecule has 0 saturated heterocycles. The number of aryl methyl sites for hydroxylation is 1. The Labute approximate surface area is 108 Å². The summed E-state index contributed by atoms with van der Waals surface area (Å²) in [7, 11) is 0. The molecule has 2 rings (SSSR count). The molecule has 0 amide bonds. The zero-order chi connectivity index (χ0) is 12.3. The van der Waals surface area contributed by atoms with E-state index in [0.717, 1.165) is 21.1 Å². The average molecular weight is 265 g/mol. The predicted molar refractivity (Wildman–Crippen MR) is 69.8 cm³/mol. The van der Waals surface area contributed by atoms with Crippen LogP contribution in [0.4, 0.5) is 0 Å². The van der Waals surface area contributed by atoms with Gasteiger partial charge in [0.15, 0.2) is 0 Å². The molecule has 0 saturated carbocycles. The van der Waals surface area contributed by atoms with Gasteiger partial charge in [0, 0.05) is 27.9 Å². The molecule has 5 heteroatoms. The molecule has 17 heavy (non-hydrogen) atoms. The average Bonchev–Trinajstić information content (AvgIpc) is 2.70. The Hall–Kier alpha value is -1.33. The number of thiophene rings is 1. The summed E-state index contributed by atoms with van der Waals surface area (Å²) in [5.74, 6) is -0.0575. The number of carbonyl (C=O) groups is 1. The molecule has 3 nitrogen and oxygen atoms in total. The molecule has 2 aromatic heterocycles. The number of aromatic nitrogens is 1. The summed E-state index contributed by atoms with van der Waals surface area (Å²) >= 11 is 3.02. The van der Waals surface area contributed by atoms with E-state index in [9.17, 15) is 4.79 Å². The van der Waals surface area contributed by atoms with E-state index in [1.807, 2.05) is 19.1 Å². The number of carboxylic acids is 1. The van der Waals surface area contributed by atoms with Crippen LogP contribution in [0.5, 0.6) is 0 Å². The summed E-state index contributed by atoms with van der Waals surface area (Å²) in [5.41, 5.74) is 1.09. The Morgan fingerprint density at radius 2 is 2.18 bits per heavy atom. The van der Waals surface area contributed by atoms with Crippen LogP contribution in [0.15, 0.2) is 35.5 Å². The van der Waals surface area contributed by atoms with Crippen LogP contribution in [-0.4, -0.2) is 16.1 Å². The highest BCUT2D eigenvalue weighted by atomic mass is 32.2. The van der Waals surface area contributed by atoms with Crippen molar-refractivity contribution >= 4 is 29.1 Å². The SMILES string of the molecule is Cc1sc(C(=O)O)cc1CSc1ccncc1. The molecule has 2 heterocycles. The Bertz CT molecular complexity index is 523. The number of hydrogen-bond donors (Lipinski definition) is 1. The van der Waals surface area contributed by atoms with Gasteiger partial charge in [-0.1, -0.05) is 0 Å². The molecule has 88 valence electrons. The second-order valence-electron chi connectivity index (χ2n) is 3.47. The van der Waals surface area contributed by atoms with Crippen LogP contribution in [0, 0.1) is 6.92 Å². The zero-order valence-corrected chi connectivity index (χ0v) is 10.8. The summed E-state index contributed by atoms with van der Waals surface area (Å²) in [5, 5.41) is 8.90. The maximum atomic E-state index is 10.8. The maximum Gasteiger partial charge on any atom is 0.345 e. The molecule has 0 radical (unpaired) electrons. The van der Waals surface area contributed by atoms with E-state index in [4.69, 9.17) is 5.11 Å². The highest BCUT2D eigenvalue weighted by Gasteiger charge is 2.10. The Morgan fingerprint density at radius 1 is 1.47 bits per heavy atom. The van der Waals surface area contributed by atoms with Gasteiger partial charge in [-0.3, -0.25) is 4.98 Å². The molecular formula is C12H11NO2S2. The fourth-order valence-electron chi connectivity index (χ4n) is 1.36. The van der Waals surface area contributed by atoms with E-state index in [2.05, 4.69) is 4.98 Å². The van der Waals surface area contributed by atoms with Gasteiger partial charge in [-0.15, -0.1) is 23.1 Å². The van der Waals surface area contributed by atoms with Gasteiger partial charge in [0.25, 0.3) is 0 Å². The minimum atomic E-state index is -0.849. The minimum absolute atomic E-state index is 0.410. The van der Waals surface area contributed by atoms with Gasteiger partial charge in [0.05, 0.1) is 0 Å².